The molecule has 0 saturated carbocycles. The summed E-state index contributed by atoms with van der Waals surface area (Å²) in [7, 11) is 0. The van der Waals surface area contributed by atoms with E-state index in [0.717, 1.165) is 33.6 Å². The number of benzene rings is 1. The van der Waals surface area contributed by atoms with Gasteiger partial charge in [-0.25, -0.2) is 4.79 Å². The maximum Gasteiger partial charge on any atom is 0.352 e. The van der Waals surface area contributed by atoms with Crippen LogP contribution in [-0.2, 0) is 16.1 Å². The number of hydrogen-bond acceptors (Lipinski definition) is 7. The summed E-state index contributed by atoms with van der Waals surface area (Å²) in [5.41, 5.74) is 2.14. The minimum absolute atomic E-state index is 0.0113. The van der Waals surface area contributed by atoms with Gasteiger partial charge >= 0.3 is 5.97 Å². The molecule has 152 valence electrons. The molecule has 2 aromatic heterocycles. The number of pyridine rings is 1. The van der Waals surface area contributed by atoms with Crippen LogP contribution < -0.4 is 20.1 Å². The molecule has 0 bridgehead atoms. The monoisotopic (exact) mass is 420 g/mol. The van der Waals surface area contributed by atoms with Crippen molar-refractivity contribution in [3.05, 3.63) is 68.2 Å². The lowest BCUT2D eigenvalue weighted by atomic mass is 10.2. The molecule has 3 aromatic rings. The van der Waals surface area contributed by atoms with Crippen molar-refractivity contribution < 1.29 is 9.53 Å². The van der Waals surface area contributed by atoms with Crippen molar-refractivity contribution >= 4 is 45.7 Å². The van der Waals surface area contributed by atoms with Crippen LogP contribution in [0.1, 0.15) is 12.6 Å². The topological polar surface area (TPSA) is 97.0 Å². The number of anilines is 1. The predicted molar refractivity (Wildman–Crippen MR) is 118 cm³/mol. The number of fused-ring (bicyclic) bond motifs is 1. The van der Waals surface area contributed by atoms with E-state index in [0.29, 0.717) is 11.1 Å². The zero-order valence-electron chi connectivity index (χ0n) is 16.6. The van der Waals surface area contributed by atoms with Crippen LogP contribution in [-0.4, -0.2) is 22.1 Å². The van der Waals surface area contributed by atoms with E-state index >= 15 is 0 Å². The zero-order valence-corrected chi connectivity index (χ0v) is 17.5. The Morgan fingerprint density at radius 2 is 2.20 bits per heavy atom. The average molecular weight is 420 g/mol. The highest BCUT2D eigenvalue weighted by molar-refractivity contribution is 7.07. The third-order valence-electron chi connectivity index (χ3n) is 4.28. The third-order valence-corrected chi connectivity index (χ3v) is 5.41. The minimum Gasteiger partial charge on any atom is -0.457 e. The zero-order chi connectivity index (χ0) is 21.7. The number of esters is 1. The Balaban J connectivity index is 2.04. The number of carbonyl (C=O) groups is 1. The number of thiazole rings is 1. The molecule has 0 saturated heterocycles. The summed E-state index contributed by atoms with van der Waals surface area (Å²) < 4.78 is 7.00. The highest BCUT2D eigenvalue weighted by Gasteiger charge is 2.16. The summed E-state index contributed by atoms with van der Waals surface area (Å²) in [4.78, 5) is 29.4. The van der Waals surface area contributed by atoms with Crippen LogP contribution >= 0.6 is 11.3 Å². The standard InChI is InChI=1S/C22H20N4O3S/c1-4-10-29-22(28)17(12-23)21-26(5-2)20(27)19(30-21)13-24-16-8-9-18-15(11-16)7-6-14(3)25-18/h4,6-9,11,13,24H,1,5,10H2,2-3H3. The molecular formula is C22H20N4O3S. The molecule has 2 heterocycles. The summed E-state index contributed by atoms with van der Waals surface area (Å²) in [6.45, 7) is 7.50. The second kappa shape index (κ2) is 9.20. The number of ether oxygens (including phenoxy) is 1. The number of rotatable bonds is 6. The lowest BCUT2D eigenvalue weighted by molar-refractivity contribution is -0.135. The van der Waals surface area contributed by atoms with Gasteiger partial charge in [0.1, 0.15) is 21.9 Å². The van der Waals surface area contributed by atoms with E-state index < -0.39 is 5.97 Å². The van der Waals surface area contributed by atoms with Crippen molar-refractivity contribution in [1.82, 2.24) is 9.55 Å². The van der Waals surface area contributed by atoms with E-state index in [2.05, 4.69) is 16.9 Å². The molecule has 0 unspecified atom stereocenters. The second-order valence-electron chi connectivity index (χ2n) is 6.34. The summed E-state index contributed by atoms with van der Waals surface area (Å²) in [5, 5.41) is 13.5. The SMILES string of the molecule is C=CCOC(=O)C(C#N)=c1sc(=CNc2ccc3nc(C)ccc3c2)c(=O)n1CC. The molecule has 0 spiro atoms. The average Bonchev–Trinajstić information content (AvgIpc) is 3.06. The maximum atomic E-state index is 12.8. The molecule has 7 nitrogen and oxygen atoms in total. The van der Waals surface area contributed by atoms with Crippen molar-refractivity contribution in [3.63, 3.8) is 0 Å². The van der Waals surface area contributed by atoms with Gasteiger partial charge in [0.15, 0.2) is 5.57 Å². The van der Waals surface area contributed by atoms with Gasteiger partial charge in [0, 0.05) is 29.5 Å². The fourth-order valence-electron chi connectivity index (χ4n) is 2.85. The first-order valence-electron chi connectivity index (χ1n) is 9.24. The molecule has 0 fully saturated rings. The van der Waals surface area contributed by atoms with E-state index in [9.17, 15) is 14.9 Å². The number of aryl methyl sites for hydroxylation is 1. The smallest absolute Gasteiger partial charge is 0.352 e. The Hall–Kier alpha value is -3.70. The second-order valence-corrected chi connectivity index (χ2v) is 7.37. The Morgan fingerprint density at radius 1 is 1.40 bits per heavy atom. The Kier molecular flexibility index (Phi) is 6.45. The largest absolute Gasteiger partial charge is 0.457 e. The van der Waals surface area contributed by atoms with E-state index in [-0.39, 0.29) is 22.4 Å². The van der Waals surface area contributed by atoms with Gasteiger partial charge in [-0.15, -0.1) is 11.3 Å². The van der Waals surface area contributed by atoms with Gasteiger partial charge < -0.3 is 10.1 Å². The van der Waals surface area contributed by atoms with Crippen LogP contribution in [0.15, 0.2) is 47.8 Å². The number of hydrogen-bond donors (Lipinski definition) is 1. The predicted octanol–water partition coefficient (Wildman–Crippen LogP) is 2.04. The molecule has 1 aromatic carbocycles. The van der Waals surface area contributed by atoms with Crippen LogP contribution in [0.4, 0.5) is 5.69 Å². The highest BCUT2D eigenvalue weighted by atomic mass is 32.1. The van der Waals surface area contributed by atoms with Gasteiger partial charge in [0.2, 0.25) is 0 Å². The molecule has 0 aliphatic carbocycles. The highest BCUT2D eigenvalue weighted by Crippen LogP contribution is 2.18. The third kappa shape index (κ3) is 4.31. The van der Waals surface area contributed by atoms with Crippen LogP contribution in [0.25, 0.3) is 22.7 Å². The first kappa shape index (κ1) is 21.0. The first-order chi connectivity index (χ1) is 14.5. The van der Waals surface area contributed by atoms with E-state index in [1.165, 1.54) is 10.6 Å². The molecule has 8 heteroatoms. The van der Waals surface area contributed by atoms with Gasteiger partial charge in [0.25, 0.3) is 5.56 Å². The maximum absolute atomic E-state index is 12.8. The molecule has 1 N–H and O–H groups in total. The van der Waals surface area contributed by atoms with Gasteiger partial charge in [-0.05, 0) is 38.1 Å². The lowest BCUT2D eigenvalue weighted by Crippen LogP contribution is -2.32. The number of nitriles is 1. The summed E-state index contributed by atoms with van der Waals surface area (Å²) >= 11 is 1.06. The van der Waals surface area contributed by atoms with Crippen molar-refractivity contribution in [2.75, 3.05) is 11.9 Å². The van der Waals surface area contributed by atoms with E-state index in [1.807, 2.05) is 43.3 Å². The Labute approximate surface area is 176 Å². The molecule has 0 aliphatic heterocycles. The minimum atomic E-state index is -0.780. The van der Waals surface area contributed by atoms with Crippen molar-refractivity contribution in [2.45, 2.75) is 20.4 Å². The van der Waals surface area contributed by atoms with Gasteiger partial charge in [-0.1, -0.05) is 18.7 Å². The van der Waals surface area contributed by atoms with Crippen molar-refractivity contribution in [2.24, 2.45) is 0 Å². The van der Waals surface area contributed by atoms with Gasteiger partial charge in [-0.3, -0.25) is 14.3 Å². The number of carbonyl (C=O) groups excluding carboxylic acids is 1. The van der Waals surface area contributed by atoms with Gasteiger partial charge in [-0.2, -0.15) is 5.26 Å². The molecule has 0 atom stereocenters. The lowest BCUT2D eigenvalue weighted by Gasteiger charge is -2.03. The van der Waals surface area contributed by atoms with Crippen LogP contribution in [0.3, 0.4) is 0 Å². The van der Waals surface area contributed by atoms with Crippen LogP contribution in [0, 0.1) is 18.3 Å². The molecule has 30 heavy (non-hydrogen) atoms. The Morgan fingerprint density at radius 3 is 2.90 bits per heavy atom. The van der Waals surface area contributed by atoms with E-state index in [1.54, 1.807) is 13.1 Å². The van der Waals surface area contributed by atoms with Crippen LogP contribution in [0.5, 0.6) is 0 Å². The van der Waals surface area contributed by atoms with Crippen LogP contribution in [0.2, 0.25) is 0 Å². The molecule has 0 amide bonds. The molecular weight excluding hydrogens is 400 g/mol. The van der Waals surface area contributed by atoms with Gasteiger partial charge in [0.05, 0.1) is 5.52 Å². The Bertz CT molecular complexity index is 1350. The first-order valence-corrected chi connectivity index (χ1v) is 10.1. The summed E-state index contributed by atoms with van der Waals surface area (Å²) in [6.07, 6.45) is 2.99. The fraction of sp³-hybridized carbons (Fsp3) is 0.182. The number of nitrogens with one attached hydrogen (secondary N) is 1. The summed E-state index contributed by atoms with van der Waals surface area (Å²) in [6, 6.07) is 11.5. The van der Waals surface area contributed by atoms with E-state index in [4.69, 9.17) is 4.74 Å². The normalized spacial score (nSPS) is 12.4. The molecule has 0 aliphatic rings. The molecule has 3 rings (SSSR count). The van der Waals surface area contributed by atoms with Crippen molar-refractivity contribution in [1.29, 1.82) is 5.26 Å². The van der Waals surface area contributed by atoms with Crippen molar-refractivity contribution in [3.8, 4) is 6.07 Å². The quantitative estimate of drug-likeness (QED) is 0.484. The number of nitrogens with zero attached hydrogens (tertiary/aromatic N) is 3. The molecule has 0 radical (unpaired) electrons. The number of aromatic nitrogens is 2. The fourth-order valence-corrected chi connectivity index (χ4v) is 3.92. The summed E-state index contributed by atoms with van der Waals surface area (Å²) in [5.74, 6) is -0.780.